The fraction of sp³-hybridized carbons (Fsp3) is 0.310. The largest absolute Gasteiger partial charge is 0.388 e. The monoisotopic (exact) mass is 442 g/mol. The van der Waals surface area contributed by atoms with Crippen LogP contribution in [-0.2, 0) is 6.42 Å². The summed E-state index contributed by atoms with van der Waals surface area (Å²) < 4.78 is 0. The van der Waals surface area contributed by atoms with Crippen LogP contribution in [0, 0.1) is 6.92 Å². The number of hydrogen-bond donors (Lipinski definition) is 2. The maximum Gasteiger partial charge on any atom is 0.167 e. The average molecular weight is 443 g/mol. The van der Waals surface area contributed by atoms with Gasteiger partial charge in [0.05, 0.1) is 5.71 Å². The minimum Gasteiger partial charge on any atom is -0.388 e. The summed E-state index contributed by atoms with van der Waals surface area (Å²) in [5.41, 5.74) is 11.0. The zero-order valence-electron chi connectivity index (χ0n) is 20.8. The molecule has 0 aliphatic rings. The summed E-state index contributed by atoms with van der Waals surface area (Å²) >= 11 is 0. The third-order valence-corrected chi connectivity index (χ3v) is 5.33. The Kier molecular flexibility index (Phi) is 10.3. The van der Waals surface area contributed by atoms with Crippen molar-refractivity contribution in [3.63, 3.8) is 0 Å². The number of aryl methyl sites for hydroxylation is 1. The molecule has 0 aliphatic heterocycles. The first-order valence-electron chi connectivity index (χ1n) is 11.6. The van der Waals surface area contributed by atoms with Crippen LogP contribution in [-0.4, -0.2) is 30.9 Å². The molecular formula is C29H38N4. The third-order valence-electron chi connectivity index (χ3n) is 5.33. The Morgan fingerprint density at radius 1 is 1.15 bits per heavy atom. The molecule has 0 aromatic heterocycles. The summed E-state index contributed by atoms with van der Waals surface area (Å²) in [6, 6.07) is 16.8. The van der Waals surface area contributed by atoms with Gasteiger partial charge in [-0.3, -0.25) is 0 Å². The van der Waals surface area contributed by atoms with Crippen molar-refractivity contribution in [1.82, 2.24) is 10.3 Å². The van der Waals surface area contributed by atoms with Crippen LogP contribution in [0.5, 0.6) is 0 Å². The van der Waals surface area contributed by atoms with Crippen molar-refractivity contribution in [2.45, 2.75) is 40.5 Å². The minimum absolute atomic E-state index is 0.690. The molecule has 0 unspecified atom stereocenters. The highest BCUT2D eigenvalue weighted by Gasteiger charge is 2.11. The lowest BCUT2D eigenvalue weighted by atomic mass is 10.1. The van der Waals surface area contributed by atoms with Gasteiger partial charge in [0, 0.05) is 31.4 Å². The molecule has 2 rings (SSSR count). The van der Waals surface area contributed by atoms with E-state index in [1.807, 2.05) is 31.1 Å². The molecule has 174 valence electrons. The second-order valence-electron chi connectivity index (χ2n) is 7.99. The highest BCUT2D eigenvalue weighted by Crippen LogP contribution is 2.17. The Labute approximate surface area is 200 Å². The van der Waals surface area contributed by atoms with Crippen LogP contribution in [0.15, 0.2) is 95.6 Å². The normalized spacial score (nSPS) is 10.8. The molecule has 4 heteroatoms. The Morgan fingerprint density at radius 2 is 1.88 bits per heavy atom. The molecule has 0 aliphatic carbocycles. The maximum atomic E-state index is 4.97. The van der Waals surface area contributed by atoms with Crippen LogP contribution in [0.1, 0.15) is 43.9 Å². The number of rotatable bonds is 12. The predicted molar refractivity (Wildman–Crippen MR) is 144 cm³/mol. The van der Waals surface area contributed by atoms with E-state index in [0.29, 0.717) is 6.54 Å². The molecule has 2 N–H and O–H groups in total. The lowest BCUT2D eigenvalue weighted by molar-refractivity contribution is 0.355. The van der Waals surface area contributed by atoms with E-state index in [1.54, 1.807) is 0 Å². The van der Waals surface area contributed by atoms with Gasteiger partial charge in [0.15, 0.2) is 5.82 Å². The van der Waals surface area contributed by atoms with Crippen molar-refractivity contribution in [3.8, 4) is 0 Å². The summed E-state index contributed by atoms with van der Waals surface area (Å²) in [7, 11) is 1.92. The van der Waals surface area contributed by atoms with Crippen LogP contribution in [0.2, 0.25) is 0 Å². The van der Waals surface area contributed by atoms with Crippen molar-refractivity contribution in [1.29, 1.82) is 0 Å². The summed E-state index contributed by atoms with van der Waals surface area (Å²) in [4.78, 5) is 0. The van der Waals surface area contributed by atoms with Crippen molar-refractivity contribution in [3.05, 3.63) is 107 Å². The van der Waals surface area contributed by atoms with E-state index < -0.39 is 0 Å². The van der Waals surface area contributed by atoms with E-state index in [1.165, 1.54) is 11.1 Å². The van der Waals surface area contributed by atoms with Gasteiger partial charge in [-0.15, -0.1) is 0 Å². The summed E-state index contributed by atoms with van der Waals surface area (Å²) in [5, 5.41) is 13.7. The smallest absolute Gasteiger partial charge is 0.167 e. The summed E-state index contributed by atoms with van der Waals surface area (Å²) in [6.45, 7) is 17.9. The van der Waals surface area contributed by atoms with E-state index >= 15 is 0 Å². The molecule has 2 aromatic rings. The molecule has 0 saturated heterocycles. The number of benzene rings is 2. The number of nitrogens with one attached hydrogen (secondary N) is 2. The van der Waals surface area contributed by atoms with Gasteiger partial charge in [-0.05, 0) is 80.2 Å². The molecule has 2 aromatic carbocycles. The summed E-state index contributed by atoms with van der Waals surface area (Å²) in [6.07, 6.45) is 3.58. The van der Waals surface area contributed by atoms with Crippen molar-refractivity contribution >= 4 is 11.4 Å². The van der Waals surface area contributed by atoms with Crippen molar-refractivity contribution in [2.24, 2.45) is 5.10 Å². The van der Waals surface area contributed by atoms with E-state index in [2.05, 4.69) is 92.8 Å². The molecule has 0 bridgehead atoms. The molecule has 0 saturated carbocycles. The first-order chi connectivity index (χ1) is 15.9. The third kappa shape index (κ3) is 7.85. The minimum atomic E-state index is 0.690. The molecule has 0 amide bonds. The first kappa shape index (κ1) is 25.8. The molecule has 33 heavy (non-hydrogen) atoms. The van der Waals surface area contributed by atoms with E-state index in [4.69, 9.17) is 5.10 Å². The number of hydrazone groups is 1. The molecule has 0 atom stereocenters. The van der Waals surface area contributed by atoms with Gasteiger partial charge >= 0.3 is 0 Å². The Balaban J connectivity index is 2.45. The molecule has 0 heterocycles. The van der Waals surface area contributed by atoms with Gasteiger partial charge in [-0.2, -0.15) is 5.10 Å². The van der Waals surface area contributed by atoms with Gasteiger partial charge < -0.3 is 10.6 Å². The number of hydrogen-bond acceptors (Lipinski definition) is 4. The van der Waals surface area contributed by atoms with Crippen LogP contribution >= 0.6 is 0 Å². The van der Waals surface area contributed by atoms with E-state index in [9.17, 15) is 0 Å². The lowest BCUT2D eigenvalue weighted by Gasteiger charge is -2.22. The molecule has 0 radical (unpaired) electrons. The van der Waals surface area contributed by atoms with Crippen LogP contribution in [0.4, 0.5) is 5.69 Å². The lowest BCUT2D eigenvalue weighted by Crippen LogP contribution is -2.30. The zero-order chi connectivity index (χ0) is 24.2. The standard InChI is InChI=1S/C29H38N4/c1-8-25(22(4)5)21-29(31-17-16-24-14-12-11-13-15-24)33(10-3)32-28(9-2)26-18-23(6)19-27(20-26)30-7/h9,11-15,18-20,30-31H,2,4,8,10,16-17H2,1,3,5-7H3/b32-28+. The molecule has 0 fully saturated rings. The van der Waals surface area contributed by atoms with Gasteiger partial charge in [0.25, 0.3) is 0 Å². The maximum absolute atomic E-state index is 4.97. The molecule has 0 spiro atoms. The first-order valence-corrected chi connectivity index (χ1v) is 11.6. The van der Waals surface area contributed by atoms with Crippen molar-refractivity contribution < 1.29 is 0 Å². The van der Waals surface area contributed by atoms with E-state index in [0.717, 1.165) is 53.3 Å². The highest BCUT2D eigenvalue weighted by molar-refractivity contribution is 6.08. The fourth-order valence-electron chi connectivity index (χ4n) is 3.51. The number of allylic oxidation sites excluding steroid dienone is 3. The summed E-state index contributed by atoms with van der Waals surface area (Å²) in [5.74, 6) is 0.842. The van der Waals surface area contributed by atoms with Crippen LogP contribution in [0.25, 0.3) is 0 Å². The Hall–Kier alpha value is -3.49. The second kappa shape index (κ2) is 13.1. The Morgan fingerprint density at radius 3 is 2.45 bits per heavy atom. The Bertz CT molecular complexity index is 1040. The zero-order valence-corrected chi connectivity index (χ0v) is 20.8. The SMILES string of the molecule is C=C/C(=N\N(CC)C(=C=C(CC)C(=C)C)NCCc1ccccc1)c1cc(C)cc(NC)c1. The highest BCUT2D eigenvalue weighted by atomic mass is 15.5. The number of nitrogens with zero attached hydrogens (tertiary/aromatic N) is 2. The topological polar surface area (TPSA) is 39.7 Å². The van der Waals surface area contributed by atoms with E-state index in [-0.39, 0.29) is 0 Å². The van der Waals surface area contributed by atoms with Crippen LogP contribution < -0.4 is 10.6 Å². The molecule has 4 nitrogen and oxygen atoms in total. The van der Waals surface area contributed by atoms with Gasteiger partial charge in [0.2, 0.25) is 0 Å². The molecular weight excluding hydrogens is 404 g/mol. The predicted octanol–water partition coefficient (Wildman–Crippen LogP) is 6.43. The van der Waals surface area contributed by atoms with Crippen LogP contribution in [0.3, 0.4) is 0 Å². The van der Waals surface area contributed by atoms with Gasteiger partial charge in [-0.1, -0.05) is 56.1 Å². The number of anilines is 1. The average Bonchev–Trinajstić information content (AvgIpc) is 2.82. The fourth-order valence-corrected chi connectivity index (χ4v) is 3.51. The quantitative estimate of drug-likeness (QED) is 0.172. The van der Waals surface area contributed by atoms with Gasteiger partial charge in [0.1, 0.15) is 0 Å². The van der Waals surface area contributed by atoms with Crippen molar-refractivity contribution in [2.75, 3.05) is 25.5 Å². The second-order valence-corrected chi connectivity index (χ2v) is 7.99. The van der Waals surface area contributed by atoms with Gasteiger partial charge in [-0.25, -0.2) is 5.01 Å².